The maximum absolute atomic E-state index is 14.4. The molecule has 0 spiro atoms. The van der Waals surface area contributed by atoms with Crippen molar-refractivity contribution in [3.8, 4) is 28.8 Å². The van der Waals surface area contributed by atoms with Crippen LogP contribution in [0.5, 0.6) is 17.6 Å². The van der Waals surface area contributed by atoms with Crippen LogP contribution < -0.4 is 14.0 Å². The van der Waals surface area contributed by atoms with Crippen molar-refractivity contribution in [1.29, 1.82) is 0 Å². The molecule has 1 aromatic carbocycles. The molecule has 0 radical (unpaired) electrons. The predicted octanol–water partition coefficient (Wildman–Crippen LogP) is 3.74. The minimum absolute atomic E-state index is 0.0228. The highest BCUT2D eigenvalue weighted by Gasteiger charge is 2.41. The maximum Gasteiger partial charge on any atom is 0.453 e. The minimum atomic E-state index is -2.02. The highest BCUT2D eigenvalue weighted by atomic mass is 35.7. The van der Waals surface area contributed by atoms with Crippen molar-refractivity contribution >= 4 is 33.0 Å². The summed E-state index contributed by atoms with van der Waals surface area (Å²) >= 11 is -0.228. The molecule has 0 amide bonds. The van der Waals surface area contributed by atoms with Crippen molar-refractivity contribution < 1.29 is 26.5 Å². The summed E-state index contributed by atoms with van der Waals surface area (Å²) in [7, 11) is 5.14. The molecular weight excluding hydrogens is 434 g/mol. The topological polar surface area (TPSA) is 70.1 Å². The van der Waals surface area contributed by atoms with Crippen LogP contribution >= 0.6 is 23.0 Å². The third-order valence-corrected chi connectivity index (χ3v) is 5.68. The van der Waals surface area contributed by atoms with E-state index in [9.17, 15) is 12.5 Å². The van der Waals surface area contributed by atoms with Crippen molar-refractivity contribution in [2.24, 2.45) is 0 Å². The second kappa shape index (κ2) is 7.30. The first-order valence-corrected chi connectivity index (χ1v) is 10.5. The molecule has 28 heavy (non-hydrogen) atoms. The lowest BCUT2D eigenvalue weighted by molar-refractivity contribution is -0.752. The van der Waals surface area contributed by atoms with E-state index in [-0.39, 0.29) is 23.5 Å². The zero-order chi connectivity index (χ0) is 20.0. The Labute approximate surface area is 169 Å². The van der Waals surface area contributed by atoms with Crippen LogP contribution in [-0.4, -0.2) is 25.5 Å². The Morgan fingerprint density at radius 2 is 2.21 bits per heavy atom. The number of pyridine rings is 1. The fourth-order valence-corrected chi connectivity index (χ4v) is 4.29. The van der Waals surface area contributed by atoms with Gasteiger partial charge in [0.15, 0.2) is 0 Å². The first-order chi connectivity index (χ1) is 13.4. The minimum Gasteiger partial charge on any atom is -0.481 e. The van der Waals surface area contributed by atoms with Gasteiger partial charge in [-0.25, -0.2) is 13.6 Å². The SMILES string of the molecule is COc1cc(-c2cc(F)cc3c2Oc2n(SF)nc(S(=O)Cl)[n+]2C3C)ccn1. The first-order valence-electron chi connectivity index (χ1n) is 7.88. The number of nitrogens with zero attached hydrogens (tertiary/aromatic N) is 4. The number of aromatic nitrogens is 4. The zero-order valence-electron chi connectivity index (χ0n) is 14.4. The largest absolute Gasteiger partial charge is 0.481 e. The van der Waals surface area contributed by atoms with Crippen molar-refractivity contribution in [2.75, 3.05) is 7.11 Å². The first kappa shape index (κ1) is 19.1. The van der Waals surface area contributed by atoms with E-state index in [4.69, 9.17) is 20.2 Å². The molecule has 7 nitrogen and oxygen atoms in total. The third kappa shape index (κ3) is 3.03. The number of rotatable bonds is 4. The second-order valence-electron chi connectivity index (χ2n) is 5.84. The van der Waals surface area contributed by atoms with E-state index in [0.717, 1.165) is 4.09 Å². The van der Waals surface area contributed by atoms with Crippen LogP contribution in [0, 0.1) is 5.82 Å². The van der Waals surface area contributed by atoms with E-state index in [1.165, 1.54) is 30.0 Å². The Hall–Kier alpha value is -2.24. The quantitative estimate of drug-likeness (QED) is 0.450. The molecule has 0 bridgehead atoms. The van der Waals surface area contributed by atoms with Crippen LogP contribution in [0.15, 0.2) is 35.6 Å². The number of ether oxygens (including phenoxy) is 2. The molecule has 1 aliphatic rings. The van der Waals surface area contributed by atoms with Crippen LogP contribution in [0.1, 0.15) is 18.5 Å². The van der Waals surface area contributed by atoms with Crippen LogP contribution in [-0.2, 0) is 10.0 Å². The van der Waals surface area contributed by atoms with Gasteiger partial charge in [-0.2, -0.15) is 4.57 Å². The molecule has 12 heteroatoms. The number of methoxy groups -OCH3 is 1. The summed E-state index contributed by atoms with van der Waals surface area (Å²) in [5, 5.41) is 3.78. The number of hydrogen-bond donors (Lipinski definition) is 0. The van der Waals surface area contributed by atoms with E-state index in [2.05, 4.69) is 10.1 Å². The van der Waals surface area contributed by atoms with Gasteiger partial charge in [-0.05, 0) is 30.7 Å². The molecule has 0 aliphatic carbocycles. The zero-order valence-corrected chi connectivity index (χ0v) is 16.8. The molecule has 2 aromatic heterocycles. The molecule has 0 fully saturated rings. The molecule has 1 aliphatic heterocycles. The van der Waals surface area contributed by atoms with Gasteiger partial charge < -0.3 is 9.47 Å². The molecule has 2 atom stereocenters. The van der Waals surface area contributed by atoms with E-state index in [1.54, 1.807) is 19.1 Å². The van der Waals surface area contributed by atoms with Gasteiger partial charge in [0.05, 0.1) is 12.2 Å². The third-order valence-electron chi connectivity index (χ3n) is 4.33. The van der Waals surface area contributed by atoms with Crippen LogP contribution in [0.2, 0.25) is 0 Å². The average Bonchev–Trinajstić information content (AvgIpc) is 3.07. The summed E-state index contributed by atoms with van der Waals surface area (Å²) in [5.41, 5.74) is 1.50. The summed E-state index contributed by atoms with van der Waals surface area (Å²) < 4.78 is 52.8. The summed E-state index contributed by atoms with van der Waals surface area (Å²) in [6.07, 6.45) is 1.52. The van der Waals surface area contributed by atoms with Crippen LogP contribution in [0.25, 0.3) is 11.1 Å². The Bertz CT molecular complexity index is 1110. The van der Waals surface area contributed by atoms with Gasteiger partial charge in [-0.3, -0.25) is 0 Å². The molecule has 3 heterocycles. The van der Waals surface area contributed by atoms with Gasteiger partial charge >= 0.3 is 11.2 Å². The van der Waals surface area contributed by atoms with Crippen molar-refractivity contribution in [2.45, 2.75) is 18.1 Å². The van der Waals surface area contributed by atoms with E-state index in [0.29, 0.717) is 28.3 Å². The molecule has 0 saturated carbocycles. The highest BCUT2D eigenvalue weighted by Crippen LogP contribution is 2.43. The standard InChI is InChI=1S/C16H12ClF2N4O3S2/c1-8-11-6-10(18)7-12(9-3-4-20-13(5-9)25-2)14(11)26-16-22(8)15(28(17)24)21-23(16)27-19/h3-8H,1-2H3/q+1. The van der Waals surface area contributed by atoms with Gasteiger partial charge in [0.2, 0.25) is 15.9 Å². The molecule has 0 saturated heterocycles. The molecule has 146 valence electrons. The number of benzene rings is 1. The number of hydrogen-bond acceptors (Lipinski definition) is 6. The summed E-state index contributed by atoms with van der Waals surface area (Å²) in [4.78, 5) is 4.04. The maximum atomic E-state index is 14.4. The smallest absolute Gasteiger partial charge is 0.453 e. The van der Waals surface area contributed by atoms with Gasteiger partial charge in [0.1, 0.15) is 17.6 Å². The lowest BCUT2D eigenvalue weighted by Gasteiger charge is -2.23. The predicted molar refractivity (Wildman–Crippen MR) is 98.9 cm³/mol. The average molecular weight is 446 g/mol. The Kier molecular flexibility index (Phi) is 4.98. The lowest BCUT2D eigenvalue weighted by Crippen LogP contribution is -2.44. The number of fused-ring (bicyclic) bond motifs is 2. The van der Waals surface area contributed by atoms with Crippen molar-refractivity contribution in [1.82, 2.24) is 14.2 Å². The van der Waals surface area contributed by atoms with Gasteiger partial charge in [0.25, 0.3) is 12.3 Å². The fraction of sp³-hybridized carbons (Fsp3) is 0.188. The molecular formula is C16H12ClF2N4O3S2+. The van der Waals surface area contributed by atoms with E-state index >= 15 is 0 Å². The summed E-state index contributed by atoms with van der Waals surface area (Å²) in [6.45, 7) is 1.73. The molecule has 3 aromatic rings. The monoisotopic (exact) mass is 445 g/mol. The second-order valence-corrected chi connectivity index (χ2v) is 7.97. The molecule has 4 rings (SSSR count). The normalized spacial score (nSPS) is 16.1. The van der Waals surface area contributed by atoms with Crippen molar-refractivity contribution in [3.63, 3.8) is 0 Å². The Balaban J connectivity index is 1.95. The van der Waals surface area contributed by atoms with E-state index in [1.807, 2.05) is 0 Å². The van der Waals surface area contributed by atoms with Gasteiger partial charge in [-0.1, -0.05) is 0 Å². The number of halogens is 3. The summed E-state index contributed by atoms with van der Waals surface area (Å²) in [6, 6.07) is 5.33. The lowest BCUT2D eigenvalue weighted by atomic mass is 9.97. The molecule has 0 N–H and O–H groups in total. The van der Waals surface area contributed by atoms with Gasteiger partial charge in [0, 0.05) is 38.2 Å². The fourth-order valence-electron chi connectivity index (χ4n) is 3.09. The van der Waals surface area contributed by atoms with Crippen LogP contribution in [0.3, 0.4) is 0 Å². The van der Waals surface area contributed by atoms with Gasteiger partial charge in [-0.15, -0.1) is 3.89 Å². The van der Waals surface area contributed by atoms with Crippen LogP contribution in [0.4, 0.5) is 8.28 Å². The summed E-state index contributed by atoms with van der Waals surface area (Å²) in [5.74, 6) is 0.174. The molecule has 2 unspecified atom stereocenters. The Morgan fingerprint density at radius 1 is 1.43 bits per heavy atom. The van der Waals surface area contributed by atoms with Crippen molar-refractivity contribution in [3.05, 3.63) is 41.8 Å². The Morgan fingerprint density at radius 3 is 2.89 bits per heavy atom. The highest BCUT2D eigenvalue weighted by molar-refractivity contribution is 8.08. The van der Waals surface area contributed by atoms with E-state index < -0.39 is 21.9 Å².